The first-order valence-corrected chi connectivity index (χ1v) is 7.23. The number of hydrogen-bond acceptors (Lipinski definition) is 3. The van der Waals surface area contributed by atoms with E-state index >= 15 is 0 Å². The maximum absolute atomic E-state index is 11.6. The fourth-order valence-electron chi connectivity index (χ4n) is 1.30. The van der Waals surface area contributed by atoms with Crippen LogP contribution in [0.3, 0.4) is 0 Å². The molecule has 17 heavy (non-hydrogen) atoms. The molecule has 0 aromatic rings. The van der Waals surface area contributed by atoms with E-state index in [4.69, 9.17) is 5.11 Å². The van der Waals surface area contributed by atoms with Crippen LogP contribution in [0.15, 0.2) is 0 Å². The van der Waals surface area contributed by atoms with E-state index in [1.165, 1.54) is 0 Å². The van der Waals surface area contributed by atoms with Gasteiger partial charge in [-0.2, -0.15) is 13.1 Å². The standard InChI is InChI=1S/C10H22N2O4S/c1-4-5-9(6-10(13)14)12-17(15,16)11-7-8(2)3/h8-9,11-12H,4-7H2,1-3H3,(H,13,14). The molecular formula is C10H22N2O4S. The molecule has 102 valence electrons. The number of hydrogen-bond donors (Lipinski definition) is 3. The zero-order valence-corrected chi connectivity index (χ0v) is 11.4. The molecule has 6 nitrogen and oxygen atoms in total. The molecule has 0 rings (SSSR count). The predicted molar refractivity (Wildman–Crippen MR) is 65.8 cm³/mol. The topological polar surface area (TPSA) is 95.5 Å². The van der Waals surface area contributed by atoms with Gasteiger partial charge in [0.1, 0.15) is 0 Å². The van der Waals surface area contributed by atoms with Crippen LogP contribution in [0.25, 0.3) is 0 Å². The minimum Gasteiger partial charge on any atom is -0.481 e. The van der Waals surface area contributed by atoms with Gasteiger partial charge in [0.25, 0.3) is 10.2 Å². The minimum absolute atomic E-state index is 0.198. The monoisotopic (exact) mass is 266 g/mol. The second-order valence-electron chi connectivity index (χ2n) is 4.45. The highest BCUT2D eigenvalue weighted by atomic mass is 32.2. The molecule has 3 N–H and O–H groups in total. The van der Waals surface area contributed by atoms with Crippen LogP contribution in [0.5, 0.6) is 0 Å². The Bertz CT molecular complexity index is 327. The molecular weight excluding hydrogens is 244 g/mol. The van der Waals surface area contributed by atoms with Crippen LogP contribution in [0.2, 0.25) is 0 Å². The van der Waals surface area contributed by atoms with Crippen LogP contribution in [0, 0.1) is 5.92 Å². The first-order chi connectivity index (χ1) is 7.76. The van der Waals surface area contributed by atoms with Crippen molar-refractivity contribution in [3.63, 3.8) is 0 Å². The van der Waals surface area contributed by atoms with E-state index in [1.807, 2.05) is 20.8 Å². The molecule has 0 aliphatic rings. The molecule has 0 aliphatic heterocycles. The van der Waals surface area contributed by atoms with Crippen molar-refractivity contribution in [1.82, 2.24) is 9.44 Å². The van der Waals surface area contributed by atoms with Crippen molar-refractivity contribution in [2.75, 3.05) is 6.54 Å². The summed E-state index contributed by atoms with van der Waals surface area (Å²) in [5, 5.41) is 8.67. The fraction of sp³-hybridized carbons (Fsp3) is 0.900. The van der Waals surface area contributed by atoms with Gasteiger partial charge in [-0.05, 0) is 12.3 Å². The molecule has 0 amide bonds. The summed E-state index contributed by atoms with van der Waals surface area (Å²) < 4.78 is 27.9. The Morgan fingerprint density at radius 3 is 2.35 bits per heavy atom. The average Bonchev–Trinajstić information content (AvgIpc) is 2.13. The SMILES string of the molecule is CCCC(CC(=O)O)NS(=O)(=O)NCC(C)C. The van der Waals surface area contributed by atoms with E-state index in [-0.39, 0.29) is 12.3 Å². The van der Waals surface area contributed by atoms with Crippen molar-refractivity contribution in [2.24, 2.45) is 5.92 Å². The highest BCUT2D eigenvalue weighted by Gasteiger charge is 2.19. The van der Waals surface area contributed by atoms with Crippen molar-refractivity contribution in [3.8, 4) is 0 Å². The lowest BCUT2D eigenvalue weighted by atomic mass is 10.1. The summed E-state index contributed by atoms with van der Waals surface area (Å²) in [7, 11) is -3.61. The summed E-state index contributed by atoms with van der Waals surface area (Å²) >= 11 is 0. The van der Waals surface area contributed by atoms with Crippen molar-refractivity contribution in [1.29, 1.82) is 0 Å². The van der Waals surface area contributed by atoms with Crippen LogP contribution < -0.4 is 9.44 Å². The van der Waals surface area contributed by atoms with Crippen LogP contribution in [-0.4, -0.2) is 32.1 Å². The maximum atomic E-state index is 11.6. The van der Waals surface area contributed by atoms with Gasteiger partial charge in [-0.25, -0.2) is 4.72 Å². The van der Waals surface area contributed by atoms with Crippen molar-refractivity contribution in [3.05, 3.63) is 0 Å². The molecule has 0 aliphatic carbocycles. The summed E-state index contributed by atoms with van der Waals surface area (Å²) in [6, 6.07) is -0.554. The minimum atomic E-state index is -3.61. The number of nitrogens with one attached hydrogen (secondary N) is 2. The van der Waals surface area contributed by atoms with Gasteiger partial charge in [-0.15, -0.1) is 0 Å². The highest BCUT2D eigenvalue weighted by molar-refractivity contribution is 7.87. The lowest BCUT2D eigenvalue weighted by Gasteiger charge is -2.17. The smallest absolute Gasteiger partial charge is 0.304 e. The van der Waals surface area contributed by atoms with Gasteiger partial charge < -0.3 is 5.11 Å². The molecule has 0 saturated carbocycles. The van der Waals surface area contributed by atoms with Crippen LogP contribution >= 0.6 is 0 Å². The zero-order chi connectivity index (χ0) is 13.5. The number of aliphatic carboxylic acids is 1. The van der Waals surface area contributed by atoms with E-state index in [0.717, 1.165) is 6.42 Å². The van der Waals surface area contributed by atoms with E-state index in [1.54, 1.807) is 0 Å². The third-order valence-corrected chi connectivity index (χ3v) is 3.25. The van der Waals surface area contributed by atoms with Crippen LogP contribution in [0.1, 0.15) is 40.0 Å². The molecule has 1 unspecified atom stereocenters. The Hall–Kier alpha value is -0.660. The molecule has 7 heteroatoms. The van der Waals surface area contributed by atoms with Gasteiger partial charge in [0.05, 0.1) is 6.42 Å². The van der Waals surface area contributed by atoms with Gasteiger partial charge in [0.2, 0.25) is 0 Å². The van der Waals surface area contributed by atoms with E-state index in [9.17, 15) is 13.2 Å². The first-order valence-electron chi connectivity index (χ1n) is 5.75. The van der Waals surface area contributed by atoms with E-state index in [0.29, 0.717) is 13.0 Å². The van der Waals surface area contributed by atoms with Gasteiger partial charge in [0.15, 0.2) is 0 Å². The van der Waals surface area contributed by atoms with E-state index in [2.05, 4.69) is 9.44 Å². The average molecular weight is 266 g/mol. The molecule has 1 atom stereocenters. The van der Waals surface area contributed by atoms with Crippen molar-refractivity contribution in [2.45, 2.75) is 46.1 Å². The predicted octanol–water partition coefficient (Wildman–Crippen LogP) is 0.710. The summed E-state index contributed by atoms with van der Waals surface area (Å²) in [6.07, 6.45) is 1.04. The lowest BCUT2D eigenvalue weighted by Crippen LogP contribution is -2.44. The molecule has 0 heterocycles. The fourth-order valence-corrected chi connectivity index (χ4v) is 2.58. The third-order valence-electron chi connectivity index (χ3n) is 2.06. The Morgan fingerprint density at radius 2 is 1.94 bits per heavy atom. The van der Waals surface area contributed by atoms with Gasteiger partial charge >= 0.3 is 5.97 Å². The zero-order valence-electron chi connectivity index (χ0n) is 10.6. The molecule has 0 radical (unpaired) electrons. The number of carboxylic acids is 1. The third kappa shape index (κ3) is 9.08. The second-order valence-corrected chi connectivity index (χ2v) is 5.98. The van der Waals surface area contributed by atoms with Crippen molar-refractivity contribution < 1.29 is 18.3 Å². The highest BCUT2D eigenvalue weighted by Crippen LogP contribution is 2.03. The Labute approximate surface area is 103 Å². The molecule has 0 aromatic heterocycles. The molecule has 0 bridgehead atoms. The summed E-state index contributed by atoms with van der Waals surface area (Å²) in [5.41, 5.74) is 0. The number of carbonyl (C=O) groups is 1. The largest absolute Gasteiger partial charge is 0.481 e. The molecule has 0 aromatic carbocycles. The Balaban J connectivity index is 4.36. The quantitative estimate of drug-likeness (QED) is 0.572. The maximum Gasteiger partial charge on any atom is 0.304 e. The second kappa shape index (κ2) is 7.62. The number of carboxylic acid groups (broad SMARTS) is 1. The van der Waals surface area contributed by atoms with Gasteiger partial charge in [-0.1, -0.05) is 27.2 Å². The van der Waals surface area contributed by atoms with Crippen molar-refractivity contribution >= 4 is 16.2 Å². The first kappa shape index (κ1) is 16.3. The summed E-state index contributed by atoms with van der Waals surface area (Å²) in [4.78, 5) is 10.6. The normalized spacial score (nSPS) is 13.9. The molecule has 0 fully saturated rings. The molecule has 0 spiro atoms. The lowest BCUT2D eigenvalue weighted by molar-refractivity contribution is -0.137. The molecule has 0 saturated heterocycles. The van der Waals surface area contributed by atoms with E-state index < -0.39 is 22.2 Å². The summed E-state index contributed by atoms with van der Waals surface area (Å²) in [5.74, 6) is -0.800. The van der Waals surface area contributed by atoms with Crippen LogP contribution in [-0.2, 0) is 15.0 Å². The van der Waals surface area contributed by atoms with Gasteiger partial charge in [0, 0.05) is 12.6 Å². The van der Waals surface area contributed by atoms with Crippen LogP contribution in [0.4, 0.5) is 0 Å². The van der Waals surface area contributed by atoms with Gasteiger partial charge in [-0.3, -0.25) is 4.79 Å². The Morgan fingerprint density at radius 1 is 1.35 bits per heavy atom. The summed E-state index contributed by atoms with van der Waals surface area (Å²) in [6.45, 7) is 6.00. The number of rotatable bonds is 9. The Kier molecular flexibility index (Phi) is 7.33.